The molecule has 2 N–H and O–H groups in total. The zero-order valence-corrected chi connectivity index (χ0v) is 18.4. The summed E-state index contributed by atoms with van der Waals surface area (Å²) in [5.41, 5.74) is 3.10. The second-order valence-electron chi connectivity index (χ2n) is 8.44. The monoisotopic (exact) mass is 448 g/mol. The Labute approximate surface area is 189 Å². The molecule has 0 radical (unpaired) electrons. The average molecular weight is 449 g/mol. The number of piperidine rings is 1. The molecular formula is C24H24N4O3S. The van der Waals surface area contributed by atoms with Gasteiger partial charge in [0.15, 0.2) is 0 Å². The van der Waals surface area contributed by atoms with Crippen molar-refractivity contribution in [2.75, 3.05) is 13.1 Å². The van der Waals surface area contributed by atoms with Crippen LogP contribution in [-0.2, 0) is 11.2 Å². The lowest BCUT2D eigenvalue weighted by molar-refractivity contribution is -0.133. The number of carbonyl (C=O) groups is 2. The lowest BCUT2D eigenvalue weighted by Gasteiger charge is -2.32. The molecule has 4 heterocycles. The maximum absolute atomic E-state index is 12.9. The van der Waals surface area contributed by atoms with Crippen LogP contribution in [0.25, 0.3) is 11.3 Å². The van der Waals surface area contributed by atoms with Gasteiger partial charge in [-0.3, -0.25) is 14.4 Å². The molecule has 2 aromatic heterocycles. The van der Waals surface area contributed by atoms with Crippen molar-refractivity contribution in [3.63, 3.8) is 0 Å². The molecule has 2 aliphatic rings. The molecule has 0 bridgehead atoms. The van der Waals surface area contributed by atoms with E-state index >= 15 is 0 Å². The molecule has 0 unspecified atom stereocenters. The van der Waals surface area contributed by atoms with Crippen LogP contribution >= 0.6 is 11.3 Å². The lowest BCUT2D eigenvalue weighted by Crippen LogP contribution is -2.40. The highest BCUT2D eigenvalue weighted by Gasteiger charge is 2.32. The Morgan fingerprint density at radius 1 is 1.16 bits per heavy atom. The summed E-state index contributed by atoms with van der Waals surface area (Å²) < 4.78 is 0. The zero-order valence-electron chi connectivity index (χ0n) is 17.5. The van der Waals surface area contributed by atoms with Crippen LogP contribution in [0.15, 0.2) is 52.0 Å². The first-order chi connectivity index (χ1) is 15.6. The first kappa shape index (κ1) is 20.6. The van der Waals surface area contributed by atoms with Crippen LogP contribution in [0.2, 0.25) is 0 Å². The van der Waals surface area contributed by atoms with Crippen LogP contribution in [-0.4, -0.2) is 39.8 Å². The molecule has 0 saturated carbocycles. The fourth-order valence-corrected chi connectivity index (χ4v) is 5.26. The number of H-pyrrole nitrogens is 1. The summed E-state index contributed by atoms with van der Waals surface area (Å²) in [5, 5.41) is 6.88. The fraction of sp³-hybridized carbons (Fsp3) is 0.333. The van der Waals surface area contributed by atoms with Gasteiger partial charge in [0, 0.05) is 42.1 Å². The fourth-order valence-electron chi connectivity index (χ4n) is 4.61. The van der Waals surface area contributed by atoms with E-state index in [2.05, 4.69) is 15.3 Å². The second kappa shape index (κ2) is 8.70. The Bertz CT molecular complexity index is 1200. The van der Waals surface area contributed by atoms with Crippen LogP contribution in [0.5, 0.6) is 0 Å². The third-order valence-corrected chi connectivity index (χ3v) is 7.01. The van der Waals surface area contributed by atoms with E-state index in [0.717, 1.165) is 24.0 Å². The number of nitrogens with one attached hydrogen (secondary N) is 2. The Morgan fingerprint density at radius 3 is 2.75 bits per heavy atom. The number of likely N-dealkylation sites (tertiary alicyclic amines) is 1. The molecule has 8 heteroatoms. The smallest absolute Gasteiger partial charge is 0.252 e. The molecule has 5 rings (SSSR count). The van der Waals surface area contributed by atoms with E-state index in [0.29, 0.717) is 42.5 Å². The summed E-state index contributed by atoms with van der Waals surface area (Å²) in [6.07, 6.45) is 2.71. The van der Waals surface area contributed by atoms with Crippen molar-refractivity contribution in [2.45, 2.75) is 31.7 Å². The molecule has 3 aromatic rings. The van der Waals surface area contributed by atoms with Gasteiger partial charge in [-0.25, -0.2) is 4.98 Å². The van der Waals surface area contributed by atoms with Crippen molar-refractivity contribution in [3.05, 3.63) is 74.5 Å². The van der Waals surface area contributed by atoms with Gasteiger partial charge in [0.25, 0.3) is 11.5 Å². The van der Waals surface area contributed by atoms with Gasteiger partial charge in [-0.2, -0.15) is 11.3 Å². The number of thiophene rings is 1. The van der Waals surface area contributed by atoms with E-state index in [-0.39, 0.29) is 29.8 Å². The van der Waals surface area contributed by atoms with E-state index in [9.17, 15) is 14.4 Å². The SMILES string of the molecule is O=C1N[C@@H](CC(=O)N2CCC(Cc3nc(-c4ccsc4)cc(=O)[nH]3)CC2)c2ccccc21. The van der Waals surface area contributed by atoms with Gasteiger partial charge in [0.1, 0.15) is 5.82 Å². The van der Waals surface area contributed by atoms with E-state index in [4.69, 9.17) is 0 Å². The topological polar surface area (TPSA) is 95.2 Å². The van der Waals surface area contributed by atoms with E-state index in [1.54, 1.807) is 17.4 Å². The number of rotatable bonds is 5. The minimum atomic E-state index is -0.252. The maximum atomic E-state index is 12.9. The lowest BCUT2D eigenvalue weighted by atomic mass is 9.92. The Balaban J connectivity index is 1.18. The van der Waals surface area contributed by atoms with Gasteiger partial charge in [-0.1, -0.05) is 18.2 Å². The molecule has 1 fully saturated rings. The summed E-state index contributed by atoms with van der Waals surface area (Å²) in [4.78, 5) is 46.5. The number of amides is 2. The molecular weight excluding hydrogens is 424 g/mol. The second-order valence-corrected chi connectivity index (χ2v) is 9.22. The van der Waals surface area contributed by atoms with Gasteiger partial charge >= 0.3 is 0 Å². The Kier molecular flexibility index (Phi) is 5.61. The minimum Gasteiger partial charge on any atom is -0.345 e. The molecule has 32 heavy (non-hydrogen) atoms. The van der Waals surface area contributed by atoms with Gasteiger partial charge in [0.2, 0.25) is 5.91 Å². The molecule has 2 amide bonds. The summed E-state index contributed by atoms with van der Waals surface area (Å²) in [6.45, 7) is 1.36. The molecule has 1 saturated heterocycles. The molecule has 2 aliphatic heterocycles. The molecule has 0 aliphatic carbocycles. The Morgan fingerprint density at radius 2 is 1.97 bits per heavy atom. The number of aromatic nitrogens is 2. The van der Waals surface area contributed by atoms with Crippen molar-refractivity contribution in [1.29, 1.82) is 0 Å². The highest BCUT2D eigenvalue weighted by atomic mass is 32.1. The summed E-state index contributed by atoms with van der Waals surface area (Å²) >= 11 is 1.58. The predicted octanol–water partition coefficient (Wildman–Crippen LogP) is 3.15. The van der Waals surface area contributed by atoms with Crippen molar-refractivity contribution in [3.8, 4) is 11.3 Å². The van der Waals surface area contributed by atoms with Crippen molar-refractivity contribution in [1.82, 2.24) is 20.2 Å². The highest BCUT2D eigenvalue weighted by Crippen LogP contribution is 2.29. The molecule has 0 spiro atoms. The Hall–Kier alpha value is -3.26. The third-order valence-electron chi connectivity index (χ3n) is 6.32. The first-order valence-electron chi connectivity index (χ1n) is 10.9. The zero-order chi connectivity index (χ0) is 22.1. The number of nitrogens with zero attached hydrogens (tertiary/aromatic N) is 2. The van der Waals surface area contributed by atoms with Crippen molar-refractivity contribution >= 4 is 23.2 Å². The number of aromatic amines is 1. The standard InChI is InChI=1S/C24H24N4O3S/c29-22-12-19(16-7-10-32-14-16)25-21(27-22)11-15-5-8-28(9-6-15)23(30)13-20-17-3-1-2-4-18(17)24(31)26-20/h1-4,7,10,12,14-15,20H,5-6,8-9,11,13H2,(H,26,31)(H,25,27,29)/t20-/m0/s1. The van der Waals surface area contributed by atoms with Crippen LogP contribution < -0.4 is 10.9 Å². The van der Waals surface area contributed by atoms with Crippen LogP contribution in [0, 0.1) is 5.92 Å². The number of hydrogen-bond acceptors (Lipinski definition) is 5. The summed E-state index contributed by atoms with van der Waals surface area (Å²) in [5.74, 6) is 1.03. The number of hydrogen-bond donors (Lipinski definition) is 2. The van der Waals surface area contributed by atoms with Gasteiger partial charge in [-0.15, -0.1) is 0 Å². The molecule has 164 valence electrons. The molecule has 1 atom stereocenters. The van der Waals surface area contributed by atoms with E-state index in [1.165, 1.54) is 6.07 Å². The van der Waals surface area contributed by atoms with Crippen molar-refractivity contribution in [2.24, 2.45) is 5.92 Å². The quantitative estimate of drug-likeness (QED) is 0.627. The van der Waals surface area contributed by atoms with Crippen LogP contribution in [0.4, 0.5) is 0 Å². The van der Waals surface area contributed by atoms with E-state index in [1.807, 2.05) is 39.9 Å². The maximum Gasteiger partial charge on any atom is 0.252 e. The predicted molar refractivity (Wildman–Crippen MR) is 122 cm³/mol. The largest absolute Gasteiger partial charge is 0.345 e. The number of fused-ring (bicyclic) bond motifs is 1. The highest BCUT2D eigenvalue weighted by molar-refractivity contribution is 7.08. The minimum absolute atomic E-state index is 0.0661. The number of carbonyl (C=O) groups excluding carboxylic acids is 2. The number of benzene rings is 1. The van der Waals surface area contributed by atoms with Crippen LogP contribution in [0.1, 0.15) is 47.1 Å². The summed E-state index contributed by atoms with van der Waals surface area (Å²) in [6, 6.07) is 10.7. The van der Waals surface area contributed by atoms with Gasteiger partial charge < -0.3 is 15.2 Å². The summed E-state index contributed by atoms with van der Waals surface area (Å²) in [7, 11) is 0. The molecule has 1 aromatic carbocycles. The first-order valence-corrected chi connectivity index (χ1v) is 11.8. The van der Waals surface area contributed by atoms with Gasteiger partial charge in [0.05, 0.1) is 18.2 Å². The van der Waals surface area contributed by atoms with E-state index < -0.39 is 0 Å². The average Bonchev–Trinajstić information content (AvgIpc) is 3.43. The van der Waals surface area contributed by atoms with Gasteiger partial charge in [-0.05, 0) is 41.8 Å². The normalized spacial score (nSPS) is 18.4. The van der Waals surface area contributed by atoms with Crippen LogP contribution in [0.3, 0.4) is 0 Å². The molecule has 7 nitrogen and oxygen atoms in total. The van der Waals surface area contributed by atoms with Crippen molar-refractivity contribution < 1.29 is 9.59 Å². The third kappa shape index (κ3) is 4.23.